The zero-order valence-electron chi connectivity index (χ0n) is 19.3. The molecule has 2 aliphatic rings. The molecule has 1 fully saturated rings. The van der Waals surface area contributed by atoms with Crippen molar-refractivity contribution in [1.82, 2.24) is 10.2 Å². The number of aryl methyl sites for hydroxylation is 1. The Kier molecular flexibility index (Phi) is 7.81. The van der Waals surface area contributed by atoms with E-state index in [1.807, 2.05) is 54.5 Å². The molecule has 0 aromatic heterocycles. The van der Waals surface area contributed by atoms with Crippen LogP contribution in [0, 0.1) is 6.92 Å². The number of hydrogen-bond acceptors (Lipinski definition) is 5. The van der Waals surface area contributed by atoms with Crippen LogP contribution in [-0.2, 0) is 4.79 Å². The number of thioether (sulfide) groups is 1. The first-order chi connectivity index (χ1) is 16.1. The van der Waals surface area contributed by atoms with Crippen LogP contribution < -0.4 is 14.8 Å². The van der Waals surface area contributed by atoms with Gasteiger partial charge in [-0.2, -0.15) is 11.8 Å². The Hall–Kier alpha value is -2.67. The first kappa shape index (κ1) is 23.5. The van der Waals surface area contributed by atoms with Crippen LogP contribution in [0.3, 0.4) is 0 Å². The SMILES string of the molecule is CSCC[C@H](NC(=O)c1ccccc1C)C(=O)N1CCC[C@H]1c1ccc2c(c1)OCCCO2. The minimum atomic E-state index is -0.550. The Bertz CT molecular complexity index is 996. The molecule has 0 aliphatic carbocycles. The van der Waals surface area contributed by atoms with E-state index in [0.717, 1.165) is 47.6 Å². The van der Waals surface area contributed by atoms with Crippen molar-refractivity contribution in [2.75, 3.05) is 31.8 Å². The number of nitrogens with zero attached hydrogens (tertiary/aromatic N) is 1. The van der Waals surface area contributed by atoms with Gasteiger partial charge in [-0.25, -0.2) is 0 Å². The number of benzene rings is 2. The third-order valence-electron chi connectivity index (χ3n) is 6.30. The van der Waals surface area contributed by atoms with Gasteiger partial charge in [0.1, 0.15) is 6.04 Å². The van der Waals surface area contributed by atoms with Gasteiger partial charge in [-0.15, -0.1) is 0 Å². The lowest BCUT2D eigenvalue weighted by molar-refractivity contribution is -0.134. The molecule has 0 radical (unpaired) electrons. The minimum Gasteiger partial charge on any atom is -0.490 e. The lowest BCUT2D eigenvalue weighted by Gasteiger charge is -2.30. The number of nitrogens with one attached hydrogen (secondary N) is 1. The second-order valence-electron chi connectivity index (χ2n) is 8.57. The number of carbonyl (C=O) groups excluding carboxylic acids is 2. The minimum absolute atomic E-state index is 0.0133. The summed E-state index contributed by atoms with van der Waals surface area (Å²) in [6.07, 6.45) is 5.30. The zero-order valence-corrected chi connectivity index (χ0v) is 20.2. The van der Waals surface area contributed by atoms with Crippen molar-refractivity contribution in [2.24, 2.45) is 0 Å². The van der Waals surface area contributed by atoms with E-state index in [1.165, 1.54) is 0 Å². The molecule has 33 heavy (non-hydrogen) atoms. The Morgan fingerprint density at radius 1 is 1.12 bits per heavy atom. The van der Waals surface area contributed by atoms with Crippen LogP contribution in [0.5, 0.6) is 11.5 Å². The van der Waals surface area contributed by atoms with Crippen LogP contribution in [-0.4, -0.2) is 54.5 Å². The fourth-order valence-corrected chi connectivity index (χ4v) is 4.99. The summed E-state index contributed by atoms with van der Waals surface area (Å²) in [5.74, 6) is 2.10. The van der Waals surface area contributed by atoms with E-state index in [-0.39, 0.29) is 17.9 Å². The lowest BCUT2D eigenvalue weighted by Crippen LogP contribution is -2.48. The molecule has 0 saturated carbocycles. The molecule has 1 N–H and O–H groups in total. The summed E-state index contributed by atoms with van der Waals surface area (Å²) in [7, 11) is 0. The number of rotatable bonds is 7. The molecule has 176 valence electrons. The molecule has 2 atom stereocenters. The fraction of sp³-hybridized carbons (Fsp3) is 0.462. The highest BCUT2D eigenvalue weighted by atomic mass is 32.2. The van der Waals surface area contributed by atoms with E-state index < -0.39 is 6.04 Å². The van der Waals surface area contributed by atoms with Crippen molar-refractivity contribution < 1.29 is 19.1 Å². The lowest BCUT2D eigenvalue weighted by atomic mass is 10.0. The van der Waals surface area contributed by atoms with Crippen LogP contribution in [0.25, 0.3) is 0 Å². The second-order valence-corrected chi connectivity index (χ2v) is 9.55. The average molecular weight is 469 g/mol. The average Bonchev–Trinajstić information content (AvgIpc) is 3.20. The molecule has 7 heteroatoms. The third-order valence-corrected chi connectivity index (χ3v) is 6.94. The molecule has 2 heterocycles. The maximum absolute atomic E-state index is 13.7. The van der Waals surface area contributed by atoms with E-state index >= 15 is 0 Å². The predicted molar refractivity (Wildman–Crippen MR) is 131 cm³/mol. The van der Waals surface area contributed by atoms with Crippen molar-refractivity contribution in [3.05, 3.63) is 59.2 Å². The van der Waals surface area contributed by atoms with Gasteiger partial charge in [0.2, 0.25) is 5.91 Å². The van der Waals surface area contributed by atoms with Crippen LogP contribution in [0.15, 0.2) is 42.5 Å². The monoisotopic (exact) mass is 468 g/mol. The molecule has 0 unspecified atom stereocenters. The van der Waals surface area contributed by atoms with Crippen LogP contribution in [0.2, 0.25) is 0 Å². The predicted octanol–water partition coefficient (Wildman–Crippen LogP) is 4.37. The summed E-state index contributed by atoms with van der Waals surface area (Å²) in [6, 6.07) is 12.9. The van der Waals surface area contributed by atoms with Crippen molar-refractivity contribution in [2.45, 2.75) is 44.7 Å². The summed E-state index contributed by atoms with van der Waals surface area (Å²) < 4.78 is 11.6. The quantitative estimate of drug-likeness (QED) is 0.654. The van der Waals surface area contributed by atoms with Gasteiger partial charge in [0.05, 0.1) is 19.3 Å². The second kappa shape index (κ2) is 11.0. The first-order valence-corrected chi connectivity index (χ1v) is 13.0. The molecule has 2 amide bonds. The molecule has 0 spiro atoms. The van der Waals surface area contributed by atoms with Crippen molar-refractivity contribution in [3.8, 4) is 11.5 Å². The highest BCUT2D eigenvalue weighted by molar-refractivity contribution is 7.98. The summed E-state index contributed by atoms with van der Waals surface area (Å²) in [5.41, 5.74) is 2.57. The van der Waals surface area contributed by atoms with E-state index in [2.05, 4.69) is 5.32 Å². The summed E-state index contributed by atoms with van der Waals surface area (Å²) >= 11 is 1.68. The molecule has 6 nitrogen and oxygen atoms in total. The molecule has 2 aromatic rings. The van der Waals surface area contributed by atoms with Gasteiger partial charge >= 0.3 is 0 Å². The van der Waals surface area contributed by atoms with Crippen molar-refractivity contribution >= 4 is 23.6 Å². The van der Waals surface area contributed by atoms with Crippen LogP contribution in [0.4, 0.5) is 0 Å². The number of ether oxygens (including phenoxy) is 2. The summed E-state index contributed by atoms with van der Waals surface area (Å²) in [5, 5.41) is 3.03. The zero-order chi connectivity index (χ0) is 23.2. The van der Waals surface area contributed by atoms with Crippen LogP contribution in [0.1, 0.15) is 53.2 Å². The van der Waals surface area contributed by atoms with Crippen LogP contribution >= 0.6 is 11.8 Å². The number of amides is 2. The highest BCUT2D eigenvalue weighted by Crippen LogP contribution is 2.38. The highest BCUT2D eigenvalue weighted by Gasteiger charge is 2.35. The largest absolute Gasteiger partial charge is 0.490 e. The Morgan fingerprint density at radius 2 is 1.91 bits per heavy atom. The smallest absolute Gasteiger partial charge is 0.252 e. The molecule has 2 aliphatic heterocycles. The third kappa shape index (κ3) is 5.46. The molecule has 1 saturated heterocycles. The van der Waals surface area contributed by atoms with Gasteiger partial charge in [-0.1, -0.05) is 24.3 Å². The molecule has 0 bridgehead atoms. The van der Waals surface area contributed by atoms with E-state index in [4.69, 9.17) is 9.47 Å². The number of hydrogen-bond donors (Lipinski definition) is 1. The van der Waals surface area contributed by atoms with Gasteiger partial charge in [0.25, 0.3) is 5.91 Å². The molecule has 2 aromatic carbocycles. The Balaban J connectivity index is 1.53. The van der Waals surface area contributed by atoms with E-state index in [0.29, 0.717) is 31.7 Å². The number of fused-ring (bicyclic) bond motifs is 1. The topological polar surface area (TPSA) is 67.9 Å². The van der Waals surface area contributed by atoms with Crippen molar-refractivity contribution in [1.29, 1.82) is 0 Å². The van der Waals surface area contributed by atoms with Gasteiger partial charge in [0.15, 0.2) is 11.5 Å². The number of carbonyl (C=O) groups is 2. The summed E-state index contributed by atoms with van der Waals surface area (Å²) in [6.45, 7) is 3.88. The molecular weight excluding hydrogens is 436 g/mol. The van der Waals surface area contributed by atoms with Crippen molar-refractivity contribution in [3.63, 3.8) is 0 Å². The maximum atomic E-state index is 13.7. The Labute approximate surface area is 200 Å². The van der Waals surface area contributed by atoms with Gasteiger partial charge in [0, 0.05) is 18.5 Å². The van der Waals surface area contributed by atoms with Gasteiger partial charge in [-0.05, 0) is 67.5 Å². The molecular formula is C26H32N2O4S. The number of likely N-dealkylation sites (tertiary alicyclic amines) is 1. The fourth-order valence-electron chi connectivity index (χ4n) is 4.52. The van der Waals surface area contributed by atoms with Gasteiger partial charge < -0.3 is 19.7 Å². The molecule has 4 rings (SSSR count). The first-order valence-electron chi connectivity index (χ1n) is 11.6. The van der Waals surface area contributed by atoms with E-state index in [1.54, 1.807) is 17.8 Å². The Morgan fingerprint density at radius 3 is 2.70 bits per heavy atom. The normalized spacial score (nSPS) is 18.5. The maximum Gasteiger partial charge on any atom is 0.252 e. The van der Waals surface area contributed by atoms with Gasteiger partial charge in [-0.3, -0.25) is 9.59 Å². The standard InChI is InChI=1S/C26H32N2O4S/c1-18-7-3-4-8-20(18)25(29)27-21(12-16-33-2)26(30)28-13-5-9-22(28)19-10-11-23-24(17-19)32-15-6-14-31-23/h3-4,7-8,10-11,17,21-22H,5-6,9,12-16H2,1-2H3,(H,27,29)/t21-,22-/m0/s1. The van der Waals surface area contributed by atoms with E-state index in [9.17, 15) is 9.59 Å². The summed E-state index contributed by atoms with van der Waals surface area (Å²) in [4.78, 5) is 28.6.